The zero-order valence-corrected chi connectivity index (χ0v) is 12.6. The van der Waals surface area contributed by atoms with Crippen LogP contribution in [0.2, 0.25) is 0 Å². The summed E-state index contributed by atoms with van der Waals surface area (Å²) in [6.45, 7) is 2.05. The molecule has 0 radical (unpaired) electrons. The Hall–Kier alpha value is -2.82. The maximum atomic E-state index is 11.7. The number of alkyl carbamates (subject to hydrolysis) is 1. The normalized spacial score (nSPS) is 10.9. The molecule has 5 nitrogen and oxygen atoms in total. The van der Waals surface area contributed by atoms with Gasteiger partial charge in [0, 0.05) is 5.56 Å². The monoisotopic (exact) mass is 298 g/mol. The summed E-state index contributed by atoms with van der Waals surface area (Å²) >= 11 is 0. The number of nitrogens with one attached hydrogen (secondary N) is 1. The molecule has 0 heterocycles. The Bertz CT molecular complexity index is 637. The first-order valence-electron chi connectivity index (χ1n) is 6.95. The molecule has 22 heavy (non-hydrogen) atoms. The van der Waals surface area contributed by atoms with Gasteiger partial charge in [-0.2, -0.15) is 0 Å². The lowest BCUT2D eigenvalue weighted by Crippen LogP contribution is -2.31. The maximum absolute atomic E-state index is 11.7. The number of amides is 1. The van der Waals surface area contributed by atoms with Gasteiger partial charge in [-0.15, -0.1) is 0 Å². The first-order chi connectivity index (χ1) is 10.7. The number of aliphatic imine (C=N–C) groups is 1. The van der Waals surface area contributed by atoms with Crippen molar-refractivity contribution in [2.45, 2.75) is 6.92 Å². The number of para-hydroxylation sites is 1. The van der Waals surface area contributed by atoms with Gasteiger partial charge in [0.05, 0.1) is 19.4 Å². The molecule has 0 saturated carbocycles. The van der Waals surface area contributed by atoms with E-state index in [4.69, 9.17) is 9.47 Å². The summed E-state index contributed by atoms with van der Waals surface area (Å²) in [6, 6.07) is 16.7. The van der Waals surface area contributed by atoms with Gasteiger partial charge in [0.15, 0.2) is 0 Å². The Morgan fingerprint density at radius 1 is 1.09 bits per heavy atom. The lowest BCUT2D eigenvalue weighted by atomic mass is 10.2. The van der Waals surface area contributed by atoms with Crippen molar-refractivity contribution in [1.82, 2.24) is 5.32 Å². The first kappa shape index (κ1) is 15.6. The topological polar surface area (TPSA) is 59.9 Å². The maximum Gasteiger partial charge on any atom is 0.412 e. The molecule has 0 spiro atoms. The van der Waals surface area contributed by atoms with E-state index in [1.54, 1.807) is 14.0 Å². The minimum atomic E-state index is -0.534. The van der Waals surface area contributed by atoms with Crippen LogP contribution in [-0.2, 0) is 4.74 Å². The van der Waals surface area contributed by atoms with Crippen LogP contribution in [0.1, 0.15) is 12.5 Å². The number of nitrogens with zero attached hydrogens (tertiary/aromatic N) is 1. The van der Waals surface area contributed by atoms with Crippen molar-refractivity contribution >= 4 is 17.6 Å². The van der Waals surface area contributed by atoms with Gasteiger partial charge in [0.2, 0.25) is 0 Å². The number of rotatable bonds is 4. The highest BCUT2D eigenvalue weighted by Gasteiger charge is 2.09. The number of hydrogen-bond acceptors (Lipinski definition) is 4. The molecule has 0 unspecified atom stereocenters. The lowest BCUT2D eigenvalue weighted by molar-refractivity contribution is 0.158. The van der Waals surface area contributed by atoms with E-state index < -0.39 is 6.09 Å². The standard InChI is InChI=1S/C17H18N2O3/c1-3-22-17(20)19-16(18-14-7-5-4-6-8-14)13-9-11-15(21-2)12-10-13/h4-12H,3H2,1-2H3,(H,18,19,20). The molecule has 0 fully saturated rings. The third-order valence-corrected chi connectivity index (χ3v) is 2.86. The van der Waals surface area contributed by atoms with Crippen LogP contribution in [0.5, 0.6) is 5.75 Å². The number of amidine groups is 1. The summed E-state index contributed by atoms with van der Waals surface area (Å²) in [5, 5.41) is 2.67. The zero-order chi connectivity index (χ0) is 15.8. The quantitative estimate of drug-likeness (QED) is 0.694. The molecule has 0 atom stereocenters. The average Bonchev–Trinajstić information content (AvgIpc) is 2.55. The van der Waals surface area contributed by atoms with Gasteiger partial charge in [-0.1, -0.05) is 18.2 Å². The van der Waals surface area contributed by atoms with Crippen molar-refractivity contribution in [2.75, 3.05) is 13.7 Å². The summed E-state index contributed by atoms with van der Waals surface area (Å²) < 4.78 is 10.1. The second kappa shape index (κ2) is 7.83. The largest absolute Gasteiger partial charge is 0.497 e. The summed E-state index contributed by atoms with van der Waals surface area (Å²) in [5.74, 6) is 1.16. The van der Waals surface area contributed by atoms with E-state index in [1.165, 1.54) is 0 Å². The summed E-state index contributed by atoms with van der Waals surface area (Å²) in [7, 11) is 1.60. The number of carbonyl (C=O) groups excluding carboxylic acids is 1. The van der Waals surface area contributed by atoms with Crippen molar-refractivity contribution < 1.29 is 14.3 Å². The Labute approximate surface area is 129 Å². The van der Waals surface area contributed by atoms with Crippen LogP contribution >= 0.6 is 0 Å². The Morgan fingerprint density at radius 3 is 2.36 bits per heavy atom. The van der Waals surface area contributed by atoms with E-state index in [-0.39, 0.29) is 0 Å². The first-order valence-corrected chi connectivity index (χ1v) is 6.95. The summed E-state index contributed by atoms with van der Waals surface area (Å²) in [6.07, 6.45) is -0.534. The van der Waals surface area contributed by atoms with E-state index in [2.05, 4.69) is 10.3 Å². The molecule has 0 aliphatic rings. The highest BCUT2D eigenvalue weighted by Crippen LogP contribution is 2.15. The van der Waals surface area contributed by atoms with E-state index in [1.807, 2.05) is 54.6 Å². The molecular formula is C17H18N2O3. The number of methoxy groups -OCH3 is 1. The molecule has 0 aliphatic heterocycles. The average molecular weight is 298 g/mol. The third-order valence-electron chi connectivity index (χ3n) is 2.86. The Kier molecular flexibility index (Phi) is 5.54. The van der Waals surface area contributed by atoms with Gasteiger partial charge in [-0.05, 0) is 43.3 Å². The number of carbonyl (C=O) groups is 1. The van der Waals surface area contributed by atoms with Gasteiger partial charge in [0.1, 0.15) is 11.6 Å². The predicted molar refractivity (Wildman–Crippen MR) is 85.8 cm³/mol. The second-order valence-corrected chi connectivity index (χ2v) is 4.37. The van der Waals surface area contributed by atoms with E-state index in [9.17, 15) is 4.79 Å². The van der Waals surface area contributed by atoms with Gasteiger partial charge >= 0.3 is 6.09 Å². The highest BCUT2D eigenvalue weighted by molar-refractivity contribution is 6.07. The fourth-order valence-corrected chi connectivity index (χ4v) is 1.81. The zero-order valence-electron chi connectivity index (χ0n) is 12.6. The molecule has 2 aromatic rings. The highest BCUT2D eigenvalue weighted by atomic mass is 16.5. The van der Waals surface area contributed by atoms with Crippen LogP contribution in [0.25, 0.3) is 0 Å². The second-order valence-electron chi connectivity index (χ2n) is 4.37. The predicted octanol–water partition coefficient (Wildman–Crippen LogP) is 3.52. The van der Waals surface area contributed by atoms with Crippen LogP contribution in [0.4, 0.5) is 10.5 Å². The third kappa shape index (κ3) is 4.34. The van der Waals surface area contributed by atoms with Gasteiger partial charge < -0.3 is 9.47 Å². The smallest absolute Gasteiger partial charge is 0.412 e. The van der Waals surface area contributed by atoms with Crippen LogP contribution < -0.4 is 10.1 Å². The van der Waals surface area contributed by atoms with Crippen LogP contribution in [-0.4, -0.2) is 25.6 Å². The molecule has 2 rings (SSSR count). The molecule has 0 aromatic heterocycles. The Balaban J connectivity index is 2.31. The van der Waals surface area contributed by atoms with E-state index in [0.717, 1.165) is 17.0 Å². The number of benzene rings is 2. The molecule has 1 N–H and O–H groups in total. The minimum Gasteiger partial charge on any atom is -0.497 e. The molecule has 114 valence electrons. The van der Waals surface area contributed by atoms with Gasteiger partial charge in [0.25, 0.3) is 0 Å². The molecule has 1 amide bonds. The minimum absolute atomic E-state index is 0.299. The van der Waals surface area contributed by atoms with Crippen LogP contribution in [0.15, 0.2) is 59.6 Å². The molecule has 0 saturated heterocycles. The fraction of sp³-hybridized carbons (Fsp3) is 0.176. The van der Waals surface area contributed by atoms with Crippen molar-refractivity contribution in [2.24, 2.45) is 4.99 Å². The molecule has 0 aliphatic carbocycles. The fourth-order valence-electron chi connectivity index (χ4n) is 1.81. The van der Waals surface area contributed by atoms with Gasteiger partial charge in [-0.25, -0.2) is 9.79 Å². The lowest BCUT2D eigenvalue weighted by Gasteiger charge is -2.10. The number of hydrogen-bond donors (Lipinski definition) is 1. The Morgan fingerprint density at radius 2 is 1.77 bits per heavy atom. The van der Waals surface area contributed by atoms with E-state index in [0.29, 0.717) is 12.4 Å². The number of ether oxygens (including phenoxy) is 2. The van der Waals surface area contributed by atoms with Crippen molar-refractivity contribution in [3.05, 3.63) is 60.2 Å². The SMILES string of the molecule is CCOC(=O)NC(=Nc1ccccc1)c1ccc(OC)cc1. The van der Waals surface area contributed by atoms with Crippen LogP contribution in [0, 0.1) is 0 Å². The van der Waals surface area contributed by atoms with Crippen LogP contribution in [0.3, 0.4) is 0 Å². The van der Waals surface area contributed by atoms with Crippen molar-refractivity contribution in [3.8, 4) is 5.75 Å². The summed E-state index contributed by atoms with van der Waals surface area (Å²) in [4.78, 5) is 16.2. The molecule has 5 heteroatoms. The molecule has 0 bridgehead atoms. The molecular weight excluding hydrogens is 280 g/mol. The molecule has 2 aromatic carbocycles. The van der Waals surface area contributed by atoms with E-state index >= 15 is 0 Å². The van der Waals surface area contributed by atoms with Crippen molar-refractivity contribution in [1.29, 1.82) is 0 Å². The van der Waals surface area contributed by atoms with Gasteiger partial charge in [-0.3, -0.25) is 5.32 Å². The summed E-state index contributed by atoms with van der Waals surface area (Å²) in [5.41, 5.74) is 1.50. The van der Waals surface area contributed by atoms with Crippen molar-refractivity contribution in [3.63, 3.8) is 0 Å².